The maximum absolute atomic E-state index is 12.1. The normalized spacial score (nSPS) is 18.3. The third kappa shape index (κ3) is 1.85. The fourth-order valence-corrected chi connectivity index (χ4v) is 2.48. The summed E-state index contributed by atoms with van der Waals surface area (Å²) in [6, 6.07) is 4.80. The van der Waals surface area contributed by atoms with Gasteiger partial charge >= 0.3 is 0 Å². The van der Waals surface area contributed by atoms with E-state index in [1.54, 1.807) is 17.0 Å². The van der Waals surface area contributed by atoms with Crippen molar-refractivity contribution < 1.29 is 9.72 Å². The van der Waals surface area contributed by atoms with Crippen LogP contribution in [-0.2, 0) is 11.2 Å². The molecule has 3 rings (SSSR count). The molecule has 1 aliphatic carbocycles. The molecule has 5 heteroatoms. The van der Waals surface area contributed by atoms with Gasteiger partial charge in [0.1, 0.15) is 0 Å². The molecule has 0 radical (unpaired) electrons. The smallest absolute Gasteiger partial charge is 0.269 e. The molecule has 18 heavy (non-hydrogen) atoms. The highest BCUT2D eigenvalue weighted by atomic mass is 16.6. The van der Waals surface area contributed by atoms with E-state index in [4.69, 9.17) is 0 Å². The average Bonchev–Trinajstić information content (AvgIpc) is 3.20. The topological polar surface area (TPSA) is 63.5 Å². The van der Waals surface area contributed by atoms with Gasteiger partial charge in [0.15, 0.2) is 0 Å². The summed E-state index contributed by atoms with van der Waals surface area (Å²) >= 11 is 0. The van der Waals surface area contributed by atoms with Crippen LogP contribution in [0.15, 0.2) is 18.2 Å². The maximum Gasteiger partial charge on any atom is 0.269 e. The molecule has 1 heterocycles. The number of rotatable bonds is 2. The zero-order valence-electron chi connectivity index (χ0n) is 9.96. The lowest BCUT2D eigenvalue weighted by Crippen LogP contribution is -2.36. The quantitative estimate of drug-likeness (QED) is 0.594. The molecule has 1 aromatic carbocycles. The number of amides is 1. The molecule has 0 N–H and O–H groups in total. The number of carbonyl (C=O) groups excluding carboxylic acids is 1. The minimum Gasteiger partial charge on any atom is -0.312 e. The van der Waals surface area contributed by atoms with Crippen LogP contribution < -0.4 is 4.90 Å². The lowest BCUT2D eigenvalue weighted by Gasteiger charge is -2.29. The average molecular weight is 246 g/mol. The number of nitro groups is 1. The Morgan fingerprint density at radius 3 is 2.83 bits per heavy atom. The first kappa shape index (κ1) is 11.2. The SMILES string of the molecule is O=C(C1CC1)N1CCCc2cc([N+](=O)[O-])ccc21. The van der Waals surface area contributed by atoms with E-state index in [9.17, 15) is 14.9 Å². The first-order valence-corrected chi connectivity index (χ1v) is 6.25. The van der Waals surface area contributed by atoms with Crippen LogP contribution in [-0.4, -0.2) is 17.4 Å². The van der Waals surface area contributed by atoms with E-state index in [2.05, 4.69) is 0 Å². The highest BCUT2D eigenvalue weighted by molar-refractivity contribution is 5.97. The first-order chi connectivity index (χ1) is 8.66. The summed E-state index contributed by atoms with van der Waals surface area (Å²) in [5, 5.41) is 10.7. The molecular formula is C13H14N2O3. The molecule has 0 atom stereocenters. The zero-order valence-corrected chi connectivity index (χ0v) is 9.96. The molecule has 5 nitrogen and oxygen atoms in total. The van der Waals surface area contributed by atoms with Gasteiger partial charge < -0.3 is 4.90 Å². The Labute approximate surface area is 105 Å². The molecule has 1 amide bonds. The Hall–Kier alpha value is -1.91. The Balaban J connectivity index is 1.95. The predicted molar refractivity (Wildman–Crippen MR) is 66.5 cm³/mol. The van der Waals surface area contributed by atoms with Gasteiger partial charge in [-0.05, 0) is 37.3 Å². The van der Waals surface area contributed by atoms with Gasteiger partial charge in [0.2, 0.25) is 5.91 Å². The number of benzene rings is 1. The van der Waals surface area contributed by atoms with Crippen molar-refractivity contribution >= 4 is 17.3 Å². The first-order valence-electron chi connectivity index (χ1n) is 6.25. The van der Waals surface area contributed by atoms with Crippen molar-refractivity contribution in [1.29, 1.82) is 0 Å². The van der Waals surface area contributed by atoms with Crippen molar-refractivity contribution in [3.63, 3.8) is 0 Å². The van der Waals surface area contributed by atoms with Gasteiger partial charge in [0, 0.05) is 30.3 Å². The minimum absolute atomic E-state index is 0.106. The van der Waals surface area contributed by atoms with Crippen molar-refractivity contribution in [3.05, 3.63) is 33.9 Å². The Morgan fingerprint density at radius 1 is 1.39 bits per heavy atom. The number of non-ortho nitro benzene ring substituents is 1. The van der Waals surface area contributed by atoms with Gasteiger partial charge in [-0.25, -0.2) is 0 Å². The van der Waals surface area contributed by atoms with Crippen molar-refractivity contribution in [2.24, 2.45) is 5.92 Å². The van der Waals surface area contributed by atoms with Crippen LogP contribution >= 0.6 is 0 Å². The second kappa shape index (κ2) is 4.08. The van der Waals surface area contributed by atoms with E-state index >= 15 is 0 Å². The predicted octanol–water partition coefficient (Wildman–Crippen LogP) is 2.28. The van der Waals surface area contributed by atoms with Crippen LogP contribution in [0.5, 0.6) is 0 Å². The van der Waals surface area contributed by atoms with Gasteiger partial charge in [-0.15, -0.1) is 0 Å². The molecule has 0 aromatic heterocycles. The van der Waals surface area contributed by atoms with Crippen LogP contribution in [0.25, 0.3) is 0 Å². The molecule has 1 saturated carbocycles. The van der Waals surface area contributed by atoms with Crippen molar-refractivity contribution in [1.82, 2.24) is 0 Å². The lowest BCUT2D eigenvalue weighted by atomic mass is 10.0. The Bertz CT molecular complexity index is 523. The summed E-state index contributed by atoms with van der Waals surface area (Å²) in [6.07, 6.45) is 3.66. The van der Waals surface area contributed by atoms with Crippen molar-refractivity contribution in [2.45, 2.75) is 25.7 Å². The molecule has 0 saturated heterocycles. The molecule has 0 bridgehead atoms. The van der Waals surface area contributed by atoms with E-state index < -0.39 is 0 Å². The summed E-state index contributed by atoms with van der Waals surface area (Å²) in [7, 11) is 0. The highest BCUT2D eigenvalue weighted by Gasteiger charge is 2.35. The fraction of sp³-hybridized carbons (Fsp3) is 0.462. The molecule has 1 aromatic rings. The number of aryl methyl sites for hydroxylation is 1. The van der Waals surface area contributed by atoms with Crippen LogP contribution in [0.2, 0.25) is 0 Å². The molecule has 0 unspecified atom stereocenters. The second-order valence-electron chi connectivity index (χ2n) is 4.94. The van der Waals surface area contributed by atoms with E-state index in [1.165, 1.54) is 6.07 Å². The highest BCUT2D eigenvalue weighted by Crippen LogP contribution is 2.36. The van der Waals surface area contributed by atoms with E-state index in [0.717, 1.165) is 43.5 Å². The Morgan fingerprint density at radius 2 is 2.17 bits per heavy atom. The maximum atomic E-state index is 12.1. The minimum atomic E-state index is -0.387. The van der Waals surface area contributed by atoms with Crippen LogP contribution in [0.1, 0.15) is 24.8 Å². The third-order valence-electron chi connectivity index (χ3n) is 3.59. The number of hydrogen-bond donors (Lipinski definition) is 0. The number of nitro benzene ring substituents is 1. The van der Waals surface area contributed by atoms with E-state index in [0.29, 0.717) is 0 Å². The largest absolute Gasteiger partial charge is 0.312 e. The lowest BCUT2D eigenvalue weighted by molar-refractivity contribution is -0.384. The molecule has 94 valence electrons. The van der Waals surface area contributed by atoms with E-state index in [1.807, 2.05) is 0 Å². The van der Waals surface area contributed by atoms with Crippen molar-refractivity contribution in [2.75, 3.05) is 11.4 Å². The van der Waals surface area contributed by atoms with E-state index in [-0.39, 0.29) is 22.4 Å². The molecule has 1 fully saturated rings. The third-order valence-corrected chi connectivity index (χ3v) is 3.59. The summed E-state index contributed by atoms with van der Waals surface area (Å²) < 4.78 is 0. The number of carbonyl (C=O) groups is 1. The number of hydrogen-bond acceptors (Lipinski definition) is 3. The van der Waals surface area contributed by atoms with Gasteiger partial charge in [-0.1, -0.05) is 0 Å². The second-order valence-corrected chi connectivity index (χ2v) is 4.94. The molecular weight excluding hydrogens is 232 g/mol. The zero-order chi connectivity index (χ0) is 12.7. The summed E-state index contributed by atoms with van der Waals surface area (Å²) in [5.41, 5.74) is 1.89. The van der Waals surface area contributed by atoms with Crippen LogP contribution in [0.4, 0.5) is 11.4 Å². The summed E-state index contributed by atoms with van der Waals surface area (Å²) in [6.45, 7) is 0.736. The van der Waals surface area contributed by atoms with Gasteiger partial charge in [0.05, 0.1) is 4.92 Å². The fourth-order valence-electron chi connectivity index (χ4n) is 2.48. The van der Waals surface area contributed by atoms with Gasteiger partial charge in [0.25, 0.3) is 5.69 Å². The number of fused-ring (bicyclic) bond motifs is 1. The molecule has 1 aliphatic heterocycles. The molecule has 2 aliphatic rings. The van der Waals surface area contributed by atoms with Crippen LogP contribution in [0, 0.1) is 16.0 Å². The number of anilines is 1. The van der Waals surface area contributed by atoms with Crippen molar-refractivity contribution in [3.8, 4) is 0 Å². The monoisotopic (exact) mass is 246 g/mol. The van der Waals surface area contributed by atoms with Gasteiger partial charge in [-0.3, -0.25) is 14.9 Å². The molecule has 0 spiro atoms. The standard InChI is InChI=1S/C13H14N2O3/c16-13(9-3-4-9)14-7-1-2-10-8-11(15(17)18)5-6-12(10)14/h5-6,8-9H,1-4,7H2. The summed E-state index contributed by atoms with van der Waals surface area (Å²) in [4.78, 5) is 24.3. The summed E-state index contributed by atoms with van der Waals surface area (Å²) in [5.74, 6) is 0.371. The van der Waals surface area contributed by atoms with Crippen LogP contribution in [0.3, 0.4) is 0 Å². The van der Waals surface area contributed by atoms with Gasteiger partial charge in [-0.2, -0.15) is 0 Å². The Kier molecular flexibility index (Phi) is 2.54. The number of nitrogens with zero attached hydrogens (tertiary/aromatic N) is 2.